The van der Waals surface area contributed by atoms with Crippen LogP contribution >= 0.6 is 0 Å². The molecule has 0 radical (unpaired) electrons. The molecular weight excluding hydrogens is 610 g/mol. The molecule has 2 saturated heterocycles. The number of aromatic nitrogens is 7. The van der Waals surface area contributed by atoms with Crippen LogP contribution in [0.3, 0.4) is 0 Å². The van der Waals surface area contributed by atoms with Gasteiger partial charge in [0, 0.05) is 43.3 Å². The van der Waals surface area contributed by atoms with Gasteiger partial charge in [0.2, 0.25) is 0 Å². The molecule has 5 heterocycles. The molecule has 0 spiro atoms. The Morgan fingerprint density at radius 3 is 2.58 bits per heavy atom. The van der Waals surface area contributed by atoms with Crippen molar-refractivity contribution in [3.05, 3.63) is 42.7 Å². The summed E-state index contributed by atoms with van der Waals surface area (Å²) in [5.41, 5.74) is 2.99. The summed E-state index contributed by atoms with van der Waals surface area (Å²) in [6, 6.07) is 4.06. The molecule has 3 aliphatic rings. The fraction of sp³-hybridized carbons (Fsp3) is 0.600. The van der Waals surface area contributed by atoms with Crippen molar-refractivity contribution in [2.24, 2.45) is 5.92 Å². The number of hydrogen-bond acceptors (Lipinski definition) is 10. The summed E-state index contributed by atoms with van der Waals surface area (Å²) in [7, 11) is 1.66. The SMILES string of the molecule is COc1cc(-c2cn(Cc3ncc(N4CCCC(N(CC5CCC5)C(=O)OC(C)(C)C)C4)cn3)nn2)c2cnn(C3CCCCO3)c2c1. The first-order chi connectivity index (χ1) is 23.2. The summed E-state index contributed by atoms with van der Waals surface area (Å²) in [6.07, 6.45) is 15.9. The molecule has 13 heteroatoms. The maximum atomic E-state index is 13.3. The van der Waals surface area contributed by atoms with Gasteiger partial charge in [-0.3, -0.25) is 0 Å². The number of carbonyl (C=O) groups is 1. The number of amides is 1. The molecule has 1 saturated carbocycles. The predicted octanol–water partition coefficient (Wildman–Crippen LogP) is 5.85. The lowest BCUT2D eigenvalue weighted by atomic mass is 9.84. The van der Waals surface area contributed by atoms with Crippen molar-refractivity contribution in [1.82, 2.24) is 39.6 Å². The van der Waals surface area contributed by atoms with Crippen LogP contribution in [0, 0.1) is 5.92 Å². The van der Waals surface area contributed by atoms with Gasteiger partial charge in [0.05, 0.1) is 49.1 Å². The van der Waals surface area contributed by atoms with E-state index in [1.54, 1.807) is 11.8 Å². The maximum absolute atomic E-state index is 13.3. The molecule has 2 unspecified atom stereocenters. The standard InChI is InChI=1S/C35H47N9O4/c1-35(2,3)48-34(45)43(20-24-9-7-10-24)25-11-8-13-41(21-25)26-17-36-32(37-18-26)23-42-22-30(39-40-42)28-15-27(46-4)16-31-29(28)19-38-44(31)33-12-5-6-14-47-33/h15-19,22,24-25,33H,5-14,20-21,23H2,1-4H3. The zero-order chi connectivity index (χ0) is 33.3. The first kappa shape index (κ1) is 32.3. The number of piperidine rings is 1. The predicted molar refractivity (Wildman–Crippen MR) is 181 cm³/mol. The third-order valence-electron chi connectivity index (χ3n) is 9.67. The van der Waals surface area contributed by atoms with Crippen molar-refractivity contribution in [2.75, 3.05) is 38.3 Å². The van der Waals surface area contributed by atoms with E-state index in [1.165, 1.54) is 19.3 Å². The Labute approximate surface area is 281 Å². The molecule has 2 atom stereocenters. The number of hydrogen-bond donors (Lipinski definition) is 0. The van der Waals surface area contributed by atoms with Crippen molar-refractivity contribution in [3.63, 3.8) is 0 Å². The second kappa shape index (κ2) is 13.7. The van der Waals surface area contributed by atoms with Crippen LogP contribution < -0.4 is 9.64 Å². The van der Waals surface area contributed by atoms with Gasteiger partial charge in [-0.1, -0.05) is 11.6 Å². The van der Waals surface area contributed by atoms with Gasteiger partial charge < -0.3 is 24.0 Å². The summed E-state index contributed by atoms with van der Waals surface area (Å²) >= 11 is 0. The molecule has 0 N–H and O–H groups in total. The zero-order valence-corrected chi connectivity index (χ0v) is 28.5. The number of benzene rings is 1. The van der Waals surface area contributed by atoms with Gasteiger partial charge in [0.15, 0.2) is 6.23 Å². The van der Waals surface area contributed by atoms with E-state index in [2.05, 4.69) is 20.3 Å². The molecule has 13 nitrogen and oxygen atoms in total. The van der Waals surface area contributed by atoms with Gasteiger partial charge in [0.1, 0.15) is 29.4 Å². The van der Waals surface area contributed by atoms with Crippen LogP contribution in [0.25, 0.3) is 22.2 Å². The molecule has 256 valence electrons. The lowest BCUT2D eigenvalue weighted by molar-refractivity contribution is -0.0366. The Morgan fingerprint density at radius 1 is 1.04 bits per heavy atom. The van der Waals surface area contributed by atoms with E-state index in [9.17, 15) is 4.79 Å². The van der Waals surface area contributed by atoms with E-state index < -0.39 is 5.60 Å². The third-order valence-corrected chi connectivity index (χ3v) is 9.67. The van der Waals surface area contributed by atoms with Crippen molar-refractivity contribution >= 4 is 22.7 Å². The number of ether oxygens (including phenoxy) is 3. The van der Waals surface area contributed by atoms with Crippen LogP contribution in [0.1, 0.15) is 84.2 Å². The average Bonchev–Trinajstić information content (AvgIpc) is 3.71. The van der Waals surface area contributed by atoms with E-state index in [1.807, 2.05) is 67.3 Å². The van der Waals surface area contributed by atoms with Gasteiger partial charge in [-0.05, 0) is 77.7 Å². The van der Waals surface area contributed by atoms with Gasteiger partial charge in [-0.2, -0.15) is 5.10 Å². The lowest BCUT2D eigenvalue weighted by Gasteiger charge is -2.42. The molecule has 48 heavy (non-hydrogen) atoms. The minimum atomic E-state index is -0.523. The highest BCUT2D eigenvalue weighted by atomic mass is 16.6. The van der Waals surface area contributed by atoms with Crippen LogP contribution in [0.4, 0.5) is 10.5 Å². The fourth-order valence-corrected chi connectivity index (χ4v) is 6.92. The first-order valence-corrected chi connectivity index (χ1v) is 17.4. The van der Waals surface area contributed by atoms with Crippen molar-refractivity contribution < 1.29 is 19.0 Å². The molecule has 1 aliphatic carbocycles. The largest absolute Gasteiger partial charge is 0.497 e. The highest BCUT2D eigenvalue weighted by Crippen LogP contribution is 2.35. The summed E-state index contributed by atoms with van der Waals surface area (Å²) < 4.78 is 21.2. The van der Waals surface area contributed by atoms with Crippen molar-refractivity contribution in [2.45, 2.75) is 96.6 Å². The van der Waals surface area contributed by atoms with Crippen LogP contribution in [0.5, 0.6) is 5.75 Å². The summed E-state index contributed by atoms with van der Waals surface area (Å²) in [6.45, 7) is 9.31. The molecule has 1 amide bonds. The third kappa shape index (κ3) is 7.11. The molecular formula is C35H47N9O4. The minimum Gasteiger partial charge on any atom is -0.497 e. The Morgan fingerprint density at radius 2 is 1.88 bits per heavy atom. The first-order valence-electron chi connectivity index (χ1n) is 17.4. The molecule has 3 fully saturated rings. The van der Waals surface area contributed by atoms with Crippen molar-refractivity contribution in [3.8, 4) is 17.0 Å². The normalized spacial score (nSPS) is 20.5. The number of rotatable bonds is 9. The Bertz CT molecular complexity index is 1700. The number of carbonyl (C=O) groups excluding carboxylic acids is 1. The zero-order valence-electron chi connectivity index (χ0n) is 28.5. The molecule has 4 aromatic rings. The number of nitrogens with zero attached hydrogens (tertiary/aromatic N) is 9. The molecule has 1 aromatic carbocycles. The lowest BCUT2D eigenvalue weighted by Crippen LogP contribution is -2.53. The van der Waals surface area contributed by atoms with E-state index in [-0.39, 0.29) is 18.4 Å². The fourth-order valence-electron chi connectivity index (χ4n) is 6.92. The molecule has 2 aliphatic heterocycles. The Kier molecular flexibility index (Phi) is 9.21. The summed E-state index contributed by atoms with van der Waals surface area (Å²) in [5.74, 6) is 1.93. The molecule has 3 aromatic heterocycles. The van der Waals surface area contributed by atoms with Crippen LogP contribution in [-0.2, 0) is 16.0 Å². The Hall–Kier alpha value is -4.26. The van der Waals surface area contributed by atoms with Crippen LogP contribution in [-0.4, -0.2) is 90.7 Å². The average molecular weight is 658 g/mol. The van der Waals surface area contributed by atoms with E-state index in [0.29, 0.717) is 18.3 Å². The van der Waals surface area contributed by atoms with Crippen LogP contribution in [0.2, 0.25) is 0 Å². The topological polar surface area (TPSA) is 126 Å². The van der Waals surface area contributed by atoms with Gasteiger partial charge in [-0.25, -0.2) is 24.1 Å². The highest BCUT2D eigenvalue weighted by Gasteiger charge is 2.34. The van der Waals surface area contributed by atoms with Gasteiger partial charge in [-0.15, -0.1) is 5.10 Å². The summed E-state index contributed by atoms with van der Waals surface area (Å²) in [4.78, 5) is 26.9. The minimum absolute atomic E-state index is 0.0842. The van der Waals surface area contributed by atoms with Crippen LogP contribution in [0.15, 0.2) is 36.9 Å². The van der Waals surface area contributed by atoms with E-state index >= 15 is 0 Å². The molecule has 7 rings (SSSR count). The second-order valence-corrected chi connectivity index (χ2v) is 14.3. The second-order valence-electron chi connectivity index (χ2n) is 14.3. The number of fused-ring (bicyclic) bond motifs is 1. The maximum Gasteiger partial charge on any atom is 0.410 e. The van der Waals surface area contributed by atoms with Crippen molar-refractivity contribution in [1.29, 1.82) is 0 Å². The summed E-state index contributed by atoms with van der Waals surface area (Å²) in [5, 5.41) is 14.6. The number of methoxy groups -OCH3 is 1. The van der Waals surface area contributed by atoms with Gasteiger partial charge >= 0.3 is 6.09 Å². The highest BCUT2D eigenvalue weighted by molar-refractivity contribution is 5.95. The molecule has 0 bridgehead atoms. The quantitative estimate of drug-likeness (QED) is 0.217. The van der Waals surface area contributed by atoms with E-state index in [4.69, 9.17) is 24.2 Å². The Balaban J connectivity index is 1.04. The number of anilines is 1. The monoisotopic (exact) mass is 657 g/mol. The van der Waals surface area contributed by atoms with E-state index in [0.717, 1.165) is 91.9 Å². The van der Waals surface area contributed by atoms with Gasteiger partial charge in [0.25, 0.3) is 0 Å². The smallest absolute Gasteiger partial charge is 0.410 e.